The summed E-state index contributed by atoms with van der Waals surface area (Å²) in [6.07, 6.45) is 5.80. The minimum absolute atomic E-state index is 0.300. The molecular formula is C11H13N3O. The van der Waals surface area contributed by atoms with Crippen LogP contribution in [0.15, 0.2) is 10.9 Å². The van der Waals surface area contributed by atoms with Gasteiger partial charge in [-0.05, 0) is 12.8 Å². The molecule has 1 fully saturated rings. The lowest BCUT2D eigenvalue weighted by Crippen LogP contribution is -2.15. The van der Waals surface area contributed by atoms with Crippen LogP contribution >= 0.6 is 0 Å². The molecule has 1 aromatic rings. The first-order valence-electron chi connectivity index (χ1n) is 5.31. The lowest BCUT2D eigenvalue weighted by Gasteiger charge is -2.20. The molecule has 1 aliphatic carbocycles. The molecule has 0 aliphatic heterocycles. The highest BCUT2D eigenvalue weighted by Crippen LogP contribution is 2.32. The van der Waals surface area contributed by atoms with Crippen LogP contribution < -0.4 is 5.56 Å². The highest BCUT2D eigenvalue weighted by atomic mass is 16.1. The summed E-state index contributed by atoms with van der Waals surface area (Å²) in [4.78, 5) is 11.0. The summed E-state index contributed by atoms with van der Waals surface area (Å²) in [5.74, 6) is 0.352. The number of hydrogen-bond acceptors (Lipinski definition) is 3. The summed E-state index contributed by atoms with van der Waals surface area (Å²) in [5.41, 5.74) is 0.911. The Labute approximate surface area is 87.9 Å². The zero-order valence-electron chi connectivity index (χ0n) is 8.49. The fraction of sp³-hybridized carbons (Fsp3) is 0.545. The fourth-order valence-electron chi connectivity index (χ4n) is 2.19. The first-order valence-corrected chi connectivity index (χ1v) is 5.31. The van der Waals surface area contributed by atoms with E-state index in [1.54, 1.807) is 0 Å². The van der Waals surface area contributed by atoms with Crippen molar-refractivity contribution in [2.24, 2.45) is 0 Å². The number of nitrogens with zero attached hydrogens (tertiary/aromatic N) is 2. The van der Waals surface area contributed by atoms with Crippen LogP contribution in [0.5, 0.6) is 0 Å². The molecular weight excluding hydrogens is 190 g/mol. The Morgan fingerprint density at radius 2 is 2.13 bits per heavy atom. The Balaban J connectivity index is 2.34. The van der Waals surface area contributed by atoms with Gasteiger partial charge in [-0.25, -0.2) is 5.10 Å². The maximum Gasteiger partial charge on any atom is 0.265 e. The summed E-state index contributed by atoms with van der Waals surface area (Å²) in [7, 11) is 0. The van der Waals surface area contributed by atoms with Gasteiger partial charge in [-0.15, -0.1) is 0 Å². The van der Waals surface area contributed by atoms with Gasteiger partial charge in [0, 0.05) is 12.0 Å². The summed E-state index contributed by atoms with van der Waals surface area (Å²) < 4.78 is 0. The van der Waals surface area contributed by atoms with Crippen LogP contribution in [-0.4, -0.2) is 10.2 Å². The fourth-order valence-corrected chi connectivity index (χ4v) is 2.19. The predicted octanol–water partition coefficient (Wildman–Crippen LogP) is 1.69. The van der Waals surface area contributed by atoms with Gasteiger partial charge >= 0.3 is 0 Å². The molecule has 78 valence electrons. The highest BCUT2D eigenvalue weighted by Gasteiger charge is 2.20. The van der Waals surface area contributed by atoms with Gasteiger partial charge in [-0.3, -0.25) is 4.79 Å². The molecule has 2 rings (SSSR count). The maximum atomic E-state index is 11.0. The van der Waals surface area contributed by atoms with Gasteiger partial charge in [0.2, 0.25) is 0 Å². The number of aromatic nitrogens is 2. The van der Waals surface area contributed by atoms with E-state index in [2.05, 4.69) is 16.3 Å². The summed E-state index contributed by atoms with van der Waals surface area (Å²) >= 11 is 0. The molecule has 0 bridgehead atoms. The van der Waals surface area contributed by atoms with Crippen molar-refractivity contribution in [3.05, 3.63) is 27.7 Å². The Morgan fingerprint density at radius 1 is 1.40 bits per heavy atom. The second-order valence-corrected chi connectivity index (χ2v) is 3.98. The van der Waals surface area contributed by atoms with Gasteiger partial charge in [0.1, 0.15) is 6.07 Å². The van der Waals surface area contributed by atoms with E-state index in [1.807, 2.05) is 0 Å². The summed E-state index contributed by atoms with van der Waals surface area (Å²) in [6, 6.07) is 3.40. The molecule has 0 spiro atoms. The molecule has 1 heterocycles. The average molecular weight is 203 g/mol. The Bertz CT molecular complexity index is 438. The number of nitriles is 1. The van der Waals surface area contributed by atoms with Gasteiger partial charge in [0.15, 0.2) is 0 Å². The van der Waals surface area contributed by atoms with Crippen molar-refractivity contribution < 1.29 is 0 Å². The van der Waals surface area contributed by atoms with Crippen LogP contribution in [0, 0.1) is 11.3 Å². The molecule has 0 unspecified atom stereocenters. The molecule has 0 amide bonds. The van der Waals surface area contributed by atoms with Crippen molar-refractivity contribution in [3.63, 3.8) is 0 Å². The zero-order valence-corrected chi connectivity index (χ0v) is 8.49. The van der Waals surface area contributed by atoms with E-state index < -0.39 is 0 Å². The SMILES string of the molecule is N#Cc1cc(=O)[nH]nc1C1CCCCC1. The van der Waals surface area contributed by atoms with Crippen LogP contribution in [0.25, 0.3) is 0 Å². The number of nitrogens with one attached hydrogen (secondary N) is 1. The van der Waals surface area contributed by atoms with Gasteiger partial charge < -0.3 is 0 Å². The second kappa shape index (κ2) is 4.26. The van der Waals surface area contributed by atoms with E-state index in [9.17, 15) is 4.79 Å². The average Bonchev–Trinajstić information content (AvgIpc) is 2.30. The molecule has 0 aromatic carbocycles. The topological polar surface area (TPSA) is 69.5 Å². The number of H-pyrrole nitrogens is 1. The minimum Gasteiger partial charge on any atom is -0.268 e. The van der Waals surface area contributed by atoms with Gasteiger partial charge in [-0.2, -0.15) is 10.4 Å². The third-order valence-electron chi connectivity index (χ3n) is 2.95. The Hall–Kier alpha value is -1.63. The van der Waals surface area contributed by atoms with Crippen molar-refractivity contribution in [1.29, 1.82) is 5.26 Å². The molecule has 0 atom stereocenters. The number of rotatable bonds is 1. The quantitative estimate of drug-likeness (QED) is 0.755. The van der Waals surface area contributed by atoms with Crippen LogP contribution in [0.3, 0.4) is 0 Å². The van der Waals surface area contributed by atoms with E-state index in [4.69, 9.17) is 5.26 Å². The smallest absolute Gasteiger partial charge is 0.265 e. The molecule has 1 aliphatic rings. The van der Waals surface area contributed by atoms with Crippen molar-refractivity contribution in [1.82, 2.24) is 10.2 Å². The lowest BCUT2D eigenvalue weighted by molar-refractivity contribution is 0.433. The van der Waals surface area contributed by atoms with Crippen molar-refractivity contribution >= 4 is 0 Å². The molecule has 1 N–H and O–H groups in total. The normalized spacial score (nSPS) is 17.3. The second-order valence-electron chi connectivity index (χ2n) is 3.98. The largest absolute Gasteiger partial charge is 0.268 e. The van der Waals surface area contributed by atoms with Crippen molar-refractivity contribution in [2.45, 2.75) is 38.0 Å². The van der Waals surface area contributed by atoms with Gasteiger partial charge in [0.05, 0.1) is 11.3 Å². The van der Waals surface area contributed by atoms with Crippen LogP contribution in [0.2, 0.25) is 0 Å². The number of hydrogen-bond donors (Lipinski definition) is 1. The number of aromatic amines is 1. The minimum atomic E-state index is -0.300. The zero-order chi connectivity index (χ0) is 10.7. The van der Waals surface area contributed by atoms with Gasteiger partial charge in [0.25, 0.3) is 5.56 Å². The van der Waals surface area contributed by atoms with E-state index in [-0.39, 0.29) is 5.56 Å². The van der Waals surface area contributed by atoms with Crippen LogP contribution in [0.1, 0.15) is 49.3 Å². The Kier molecular flexibility index (Phi) is 2.82. The third-order valence-corrected chi connectivity index (χ3v) is 2.95. The lowest BCUT2D eigenvalue weighted by atomic mass is 9.85. The first-order chi connectivity index (χ1) is 7.31. The third kappa shape index (κ3) is 2.07. The van der Waals surface area contributed by atoms with E-state index in [0.717, 1.165) is 18.5 Å². The van der Waals surface area contributed by atoms with E-state index in [0.29, 0.717) is 11.5 Å². The highest BCUT2D eigenvalue weighted by molar-refractivity contribution is 5.33. The molecule has 0 radical (unpaired) electrons. The van der Waals surface area contributed by atoms with Crippen LogP contribution in [-0.2, 0) is 0 Å². The Morgan fingerprint density at radius 3 is 2.80 bits per heavy atom. The molecule has 0 saturated heterocycles. The predicted molar refractivity (Wildman–Crippen MR) is 55.4 cm³/mol. The maximum absolute atomic E-state index is 11.0. The standard InChI is InChI=1S/C11H13N3O/c12-7-9-6-10(15)13-14-11(9)8-4-2-1-3-5-8/h6,8H,1-5H2,(H,13,15). The monoisotopic (exact) mass is 203 g/mol. The summed E-state index contributed by atoms with van der Waals surface area (Å²) in [5, 5.41) is 15.4. The molecule has 4 heteroatoms. The molecule has 1 saturated carbocycles. The molecule has 1 aromatic heterocycles. The van der Waals surface area contributed by atoms with E-state index >= 15 is 0 Å². The molecule has 4 nitrogen and oxygen atoms in total. The molecule has 15 heavy (non-hydrogen) atoms. The van der Waals surface area contributed by atoms with E-state index in [1.165, 1.54) is 25.3 Å². The van der Waals surface area contributed by atoms with Crippen LogP contribution in [0.4, 0.5) is 0 Å². The first kappa shape index (κ1) is 9.91. The van der Waals surface area contributed by atoms with Gasteiger partial charge in [-0.1, -0.05) is 19.3 Å². The van der Waals surface area contributed by atoms with Crippen molar-refractivity contribution in [2.75, 3.05) is 0 Å². The summed E-state index contributed by atoms with van der Waals surface area (Å²) in [6.45, 7) is 0. The van der Waals surface area contributed by atoms with Crippen molar-refractivity contribution in [3.8, 4) is 6.07 Å².